The summed E-state index contributed by atoms with van der Waals surface area (Å²) in [6, 6.07) is 8.87. The summed E-state index contributed by atoms with van der Waals surface area (Å²) in [5, 5.41) is 3.46. The molecule has 2 aromatic rings. The first-order chi connectivity index (χ1) is 16.6. The minimum absolute atomic E-state index is 0.149. The van der Waals surface area contributed by atoms with Crippen LogP contribution in [0.5, 0.6) is 5.75 Å². The van der Waals surface area contributed by atoms with Gasteiger partial charge in [-0.15, -0.1) is 0 Å². The molecule has 2 heterocycles. The van der Waals surface area contributed by atoms with E-state index in [2.05, 4.69) is 17.1 Å². The average molecular weight is 454 g/mol. The number of ether oxygens (including phenoxy) is 1. The molecular weight excluding hydrogens is 426 g/mol. The van der Waals surface area contributed by atoms with Crippen LogP contribution in [0.15, 0.2) is 59.6 Å². The molecule has 0 aromatic heterocycles. The van der Waals surface area contributed by atoms with Crippen LogP contribution < -0.4 is 10.1 Å². The molecule has 1 saturated heterocycles. The van der Waals surface area contributed by atoms with E-state index in [9.17, 15) is 9.59 Å². The second kappa shape index (κ2) is 8.37. The van der Waals surface area contributed by atoms with E-state index in [0.717, 1.165) is 31.3 Å². The summed E-state index contributed by atoms with van der Waals surface area (Å²) >= 11 is 0. The van der Waals surface area contributed by atoms with Crippen LogP contribution in [-0.2, 0) is 0 Å². The molecule has 172 valence electrons. The molecule has 0 spiro atoms. The molecule has 1 unspecified atom stereocenters. The zero-order chi connectivity index (χ0) is 23.2. The number of likely N-dealkylation sites (tertiary alicyclic amines) is 1. The molecule has 4 aliphatic rings. The van der Waals surface area contributed by atoms with E-state index >= 15 is 0 Å². The molecule has 2 aliphatic carbocycles. The van der Waals surface area contributed by atoms with Gasteiger partial charge in [0.2, 0.25) is 0 Å². The third-order valence-corrected chi connectivity index (χ3v) is 7.21. The monoisotopic (exact) mass is 453 g/mol. The lowest BCUT2D eigenvalue weighted by Crippen LogP contribution is -2.36. The fourth-order valence-electron chi connectivity index (χ4n) is 5.21. The van der Waals surface area contributed by atoms with Crippen molar-refractivity contribution in [3.05, 3.63) is 76.9 Å². The quantitative estimate of drug-likeness (QED) is 0.627. The van der Waals surface area contributed by atoms with Crippen molar-refractivity contribution in [2.24, 2.45) is 10.9 Å². The van der Waals surface area contributed by atoms with Crippen LogP contribution >= 0.6 is 0 Å². The Bertz CT molecular complexity index is 1280. The Kier molecular flexibility index (Phi) is 5.18. The van der Waals surface area contributed by atoms with Crippen molar-refractivity contribution in [1.29, 1.82) is 0 Å². The number of allylic oxidation sites excluding steroid dienone is 2. The van der Waals surface area contributed by atoms with E-state index in [-0.39, 0.29) is 17.7 Å². The van der Waals surface area contributed by atoms with Crippen LogP contribution in [0.2, 0.25) is 0 Å². The van der Waals surface area contributed by atoms with Crippen LogP contribution in [-0.4, -0.2) is 54.5 Å². The van der Waals surface area contributed by atoms with Gasteiger partial charge in [0, 0.05) is 36.0 Å². The van der Waals surface area contributed by atoms with Crippen LogP contribution in [0.1, 0.15) is 51.6 Å². The molecule has 1 atom stereocenters. The summed E-state index contributed by atoms with van der Waals surface area (Å²) in [7, 11) is 0. The van der Waals surface area contributed by atoms with Gasteiger partial charge in [0.05, 0.1) is 16.8 Å². The highest BCUT2D eigenvalue weighted by atomic mass is 16.5. The van der Waals surface area contributed by atoms with Crippen LogP contribution in [0.4, 0.5) is 11.4 Å². The number of nitrogens with one attached hydrogen (secondary N) is 1. The van der Waals surface area contributed by atoms with Crippen LogP contribution in [0.3, 0.4) is 0 Å². The molecule has 1 fully saturated rings. The number of hydrogen-bond acceptors (Lipinski definition) is 6. The summed E-state index contributed by atoms with van der Waals surface area (Å²) in [6.45, 7) is 6.07. The zero-order valence-electron chi connectivity index (χ0n) is 19.2. The molecule has 6 rings (SSSR count). The van der Waals surface area contributed by atoms with Crippen molar-refractivity contribution in [1.82, 2.24) is 4.90 Å². The van der Waals surface area contributed by atoms with Gasteiger partial charge in [0.15, 0.2) is 17.7 Å². The summed E-state index contributed by atoms with van der Waals surface area (Å²) in [5.41, 5.74) is 3.42. The standard InChI is InChI=1S/C28H27N3O3/c1-17-10-13-31(14-11-17)15-12-29-21-16-23-26(30-20-8-4-5-9-22(20)34-23)25-24(21)27(32)18-6-2-3-7-19(18)28(25)33/h2-9,16-17,22,29H,10-15H2,1H3. The molecule has 2 aliphatic heterocycles. The van der Waals surface area contributed by atoms with Crippen molar-refractivity contribution in [3.63, 3.8) is 0 Å². The first kappa shape index (κ1) is 21.1. The maximum atomic E-state index is 13.6. The van der Waals surface area contributed by atoms with Crippen molar-refractivity contribution in [2.75, 3.05) is 31.5 Å². The Balaban J connectivity index is 1.40. The zero-order valence-corrected chi connectivity index (χ0v) is 19.2. The Morgan fingerprint density at radius 2 is 1.79 bits per heavy atom. The maximum absolute atomic E-state index is 13.6. The Morgan fingerprint density at radius 3 is 2.56 bits per heavy atom. The molecule has 0 radical (unpaired) electrons. The van der Waals surface area contributed by atoms with Crippen molar-refractivity contribution in [3.8, 4) is 5.75 Å². The summed E-state index contributed by atoms with van der Waals surface area (Å²) in [6.07, 6.45) is 9.79. The molecule has 1 N–H and O–H groups in total. The number of ketones is 2. The van der Waals surface area contributed by atoms with Crippen molar-refractivity contribution < 1.29 is 14.3 Å². The van der Waals surface area contributed by atoms with Gasteiger partial charge in [-0.05, 0) is 44.0 Å². The molecule has 0 bridgehead atoms. The van der Waals surface area contributed by atoms with Gasteiger partial charge in [-0.25, -0.2) is 4.99 Å². The number of aliphatic imine (C=N–C) groups is 1. The normalized spacial score (nSPS) is 21.2. The van der Waals surface area contributed by atoms with E-state index < -0.39 is 0 Å². The highest BCUT2D eigenvalue weighted by Gasteiger charge is 2.37. The van der Waals surface area contributed by atoms with E-state index in [1.165, 1.54) is 12.8 Å². The van der Waals surface area contributed by atoms with Gasteiger partial charge in [0.1, 0.15) is 11.4 Å². The second-order valence-corrected chi connectivity index (χ2v) is 9.49. The predicted molar refractivity (Wildman–Crippen MR) is 133 cm³/mol. The highest BCUT2D eigenvalue weighted by molar-refractivity contribution is 6.32. The van der Waals surface area contributed by atoms with Gasteiger partial charge >= 0.3 is 0 Å². The van der Waals surface area contributed by atoms with Crippen LogP contribution in [0.25, 0.3) is 0 Å². The molecule has 2 aromatic carbocycles. The lowest BCUT2D eigenvalue weighted by Gasteiger charge is -2.31. The van der Waals surface area contributed by atoms with Gasteiger partial charge < -0.3 is 15.0 Å². The number of carbonyl (C=O) groups is 2. The first-order valence-corrected chi connectivity index (χ1v) is 12.1. The Labute approximate surface area is 199 Å². The summed E-state index contributed by atoms with van der Waals surface area (Å²) in [4.78, 5) is 34.5. The second-order valence-electron chi connectivity index (χ2n) is 9.49. The fourth-order valence-corrected chi connectivity index (χ4v) is 5.21. The van der Waals surface area contributed by atoms with Gasteiger partial charge in [-0.3, -0.25) is 9.59 Å². The van der Waals surface area contributed by atoms with E-state index in [0.29, 0.717) is 45.9 Å². The molecule has 34 heavy (non-hydrogen) atoms. The number of rotatable bonds is 4. The number of fused-ring (bicyclic) bond motifs is 5. The number of benzene rings is 2. The molecule has 6 nitrogen and oxygen atoms in total. The molecule has 0 amide bonds. The summed E-state index contributed by atoms with van der Waals surface area (Å²) in [5.74, 6) is 0.981. The number of anilines is 1. The number of hydrogen-bond donors (Lipinski definition) is 1. The largest absolute Gasteiger partial charge is 0.478 e. The van der Waals surface area contributed by atoms with E-state index in [1.54, 1.807) is 24.3 Å². The predicted octanol–water partition coefficient (Wildman–Crippen LogP) is 4.57. The molecule has 0 saturated carbocycles. The van der Waals surface area contributed by atoms with Crippen LogP contribution in [0, 0.1) is 5.92 Å². The van der Waals surface area contributed by atoms with Crippen molar-refractivity contribution in [2.45, 2.75) is 25.9 Å². The number of nitrogens with zero attached hydrogens (tertiary/aromatic N) is 2. The van der Waals surface area contributed by atoms with Gasteiger partial charge in [-0.1, -0.05) is 43.3 Å². The fraction of sp³-hybridized carbons (Fsp3) is 0.321. The van der Waals surface area contributed by atoms with Gasteiger partial charge in [-0.2, -0.15) is 0 Å². The smallest absolute Gasteiger partial charge is 0.196 e. The van der Waals surface area contributed by atoms with E-state index in [4.69, 9.17) is 9.73 Å². The molecular formula is C28H27N3O3. The first-order valence-electron chi connectivity index (χ1n) is 12.1. The average Bonchev–Trinajstić information content (AvgIpc) is 2.86. The number of piperidine rings is 1. The lowest BCUT2D eigenvalue weighted by molar-refractivity contribution is 0.0979. The lowest BCUT2D eigenvalue weighted by atomic mass is 9.81. The third-order valence-electron chi connectivity index (χ3n) is 7.21. The van der Waals surface area contributed by atoms with E-state index in [1.807, 2.05) is 30.4 Å². The topological polar surface area (TPSA) is 71.0 Å². The third kappa shape index (κ3) is 3.49. The maximum Gasteiger partial charge on any atom is 0.196 e. The minimum Gasteiger partial charge on any atom is -0.478 e. The van der Waals surface area contributed by atoms with Crippen molar-refractivity contribution >= 4 is 28.7 Å². The minimum atomic E-state index is -0.291. The highest BCUT2D eigenvalue weighted by Crippen LogP contribution is 2.46. The molecule has 6 heteroatoms. The Morgan fingerprint density at radius 1 is 1.06 bits per heavy atom. The Hall–Kier alpha value is -3.51. The number of carbonyl (C=O) groups excluding carboxylic acids is 2. The SMILES string of the molecule is CC1CCN(CCNc2cc3c(c4c2C(=O)c2ccccc2C4=O)N=C2C=CC=CC2O3)CC1. The van der Waals surface area contributed by atoms with Gasteiger partial charge in [0.25, 0.3) is 0 Å². The summed E-state index contributed by atoms with van der Waals surface area (Å²) < 4.78 is 6.24.